The summed E-state index contributed by atoms with van der Waals surface area (Å²) in [6.45, 7) is 28.2. The minimum Gasteiger partial charge on any atom is -0.496 e. The number of hydrogen-bond donors (Lipinski definition) is 0. The zero-order valence-electron chi connectivity index (χ0n) is 24.4. The van der Waals surface area contributed by atoms with Gasteiger partial charge >= 0.3 is 0 Å². The van der Waals surface area contributed by atoms with Crippen LogP contribution in [0.5, 0.6) is 11.5 Å². The summed E-state index contributed by atoms with van der Waals surface area (Å²) in [6.07, 6.45) is 0. The average Bonchev–Trinajstić information content (AvgIpc) is 2.70. The largest absolute Gasteiger partial charge is 0.496 e. The number of methoxy groups -OCH3 is 2. The summed E-state index contributed by atoms with van der Waals surface area (Å²) >= 11 is 0. The van der Waals surface area contributed by atoms with E-state index in [1.54, 1.807) is 0 Å². The molecule has 0 saturated carbocycles. The van der Waals surface area contributed by atoms with E-state index in [9.17, 15) is 0 Å². The monoisotopic (exact) mass is 485 g/mol. The van der Waals surface area contributed by atoms with Gasteiger partial charge in [0.15, 0.2) is 5.75 Å². The molecule has 2 nitrogen and oxygen atoms in total. The maximum Gasteiger partial charge on any atom is 0.161 e. The average molecular weight is 486 g/mol. The second kappa shape index (κ2) is 10.6. The van der Waals surface area contributed by atoms with Crippen LogP contribution in [0.3, 0.4) is 0 Å². The Morgan fingerprint density at radius 1 is 0.618 bits per heavy atom. The highest BCUT2D eigenvalue weighted by atomic mass is 31.1. The first-order chi connectivity index (χ1) is 15.6. The summed E-state index contributed by atoms with van der Waals surface area (Å²) in [5.74, 6) is 3.23. The van der Waals surface area contributed by atoms with Crippen molar-refractivity contribution in [3.63, 3.8) is 0 Å². The minimum absolute atomic E-state index is 0.130. The predicted octanol–water partition coefficient (Wildman–Crippen LogP) is 9.18. The number of hydrogen-bond acceptors (Lipinski definition) is 2. The molecule has 0 saturated heterocycles. The molecule has 0 aromatic heterocycles. The Balaban J connectivity index is 3.23. The molecular formula is C31H50O2P+. The van der Waals surface area contributed by atoms with Crippen LogP contribution in [0.2, 0.25) is 0 Å². The van der Waals surface area contributed by atoms with Gasteiger partial charge in [-0.1, -0.05) is 53.7 Å². The van der Waals surface area contributed by atoms with E-state index < -0.39 is 7.92 Å². The lowest BCUT2D eigenvalue weighted by Gasteiger charge is -2.36. The Morgan fingerprint density at radius 3 is 1.35 bits per heavy atom. The van der Waals surface area contributed by atoms with Gasteiger partial charge in [0, 0.05) is 7.92 Å². The predicted molar refractivity (Wildman–Crippen MR) is 155 cm³/mol. The molecule has 0 aliphatic rings. The molecule has 0 heterocycles. The molecule has 0 unspecified atom stereocenters. The highest BCUT2D eigenvalue weighted by Crippen LogP contribution is 2.62. The Morgan fingerprint density at radius 2 is 1.03 bits per heavy atom. The van der Waals surface area contributed by atoms with E-state index in [1.807, 2.05) is 14.2 Å². The second-order valence-electron chi connectivity index (χ2n) is 12.6. The van der Waals surface area contributed by atoms with Crippen molar-refractivity contribution in [1.82, 2.24) is 0 Å². The fourth-order valence-corrected chi connectivity index (χ4v) is 10.2. The van der Waals surface area contributed by atoms with Crippen LogP contribution < -0.4 is 14.8 Å². The molecule has 0 bridgehead atoms. The summed E-state index contributed by atoms with van der Waals surface area (Å²) in [6, 6.07) is 9.11. The van der Waals surface area contributed by atoms with Crippen LogP contribution in [-0.4, -0.2) is 24.5 Å². The van der Waals surface area contributed by atoms with Crippen molar-refractivity contribution in [1.29, 1.82) is 0 Å². The van der Waals surface area contributed by atoms with Crippen molar-refractivity contribution >= 4 is 13.2 Å². The Hall–Kier alpha value is -1.53. The Bertz CT molecular complexity index is 945. The second-order valence-corrected chi connectivity index (χ2v) is 16.9. The standard InChI is InChI=1S/C31H49O2P/c1-19(2)22-17-23(20(3)4)27(24(18-22)21(5)6)28-25(32-13)15-16-26(33-14)29(28)34(30(7,8)9)31(10,11)12/h15-21H,1-14H3/p+1. The van der Waals surface area contributed by atoms with Crippen molar-refractivity contribution in [2.45, 2.75) is 111 Å². The van der Waals surface area contributed by atoms with E-state index in [4.69, 9.17) is 9.47 Å². The fourth-order valence-electron chi connectivity index (χ4n) is 5.52. The highest BCUT2D eigenvalue weighted by molar-refractivity contribution is 7.69. The molecule has 0 spiro atoms. The molecule has 0 amide bonds. The number of ether oxygens (including phenoxy) is 2. The van der Waals surface area contributed by atoms with Gasteiger partial charge in [0.05, 0.1) is 30.1 Å². The van der Waals surface area contributed by atoms with Crippen molar-refractivity contribution in [2.24, 2.45) is 0 Å². The number of rotatable bonds is 7. The zero-order valence-corrected chi connectivity index (χ0v) is 25.4. The van der Waals surface area contributed by atoms with Crippen molar-refractivity contribution in [2.75, 3.05) is 14.2 Å². The van der Waals surface area contributed by atoms with E-state index in [0.717, 1.165) is 11.5 Å². The first kappa shape index (κ1) is 28.7. The lowest BCUT2D eigenvalue weighted by molar-refractivity contribution is 0.407. The van der Waals surface area contributed by atoms with Gasteiger partial charge in [-0.15, -0.1) is 0 Å². The quantitative estimate of drug-likeness (QED) is 0.364. The Kier molecular flexibility index (Phi) is 8.96. The summed E-state index contributed by atoms with van der Waals surface area (Å²) < 4.78 is 12.2. The van der Waals surface area contributed by atoms with Crippen molar-refractivity contribution in [3.8, 4) is 22.6 Å². The molecule has 34 heavy (non-hydrogen) atoms. The molecule has 2 aromatic carbocycles. The molecule has 2 aromatic rings. The number of benzene rings is 2. The van der Waals surface area contributed by atoms with E-state index >= 15 is 0 Å². The van der Waals surface area contributed by atoms with Gasteiger partial charge in [0.2, 0.25) is 0 Å². The van der Waals surface area contributed by atoms with Crippen LogP contribution in [0, 0.1) is 0 Å². The minimum atomic E-state index is -1.12. The third-order valence-electron chi connectivity index (χ3n) is 6.70. The van der Waals surface area contributed by atoms with Crippen LogP contribution in [-0.2, 0) is 0 Å². The maximum atomic E-state index is 6.12. The molecular weight excluding hydrogens is 435 g/mol. The normalized spacial score (nSPS) is 12.9. The van der Waals surface area contributed by atoms with Crippen LogP contribution in [0.25, 0.3) is 11.1 Å². The molecule has 190 valence electrons. The van der Waals surface area contributed by atoms with Gasteiger partial charge in [0.1, 0.15) is 11.1 Å². The third-order valence-corrected chi connectivity index (χ3v) is 10.7. The van der Waals surface area contributed by atoms with Crippen LogP contribution in [0.15, 0.2) is 24.3 Å². The van der Waals surface area contributed by atoms with Crippen LogP contribution in [0.4, 0.5) is 0 Å². The molecule has 3 heteroatoms. The first-order valence-electron chi connectivity index (χ1n) is 12.9. The topological polar surface area (TPSA) is 18.5 Å². The van der Waals surface area contributed by atoms with Crippen LogP contribution >= 0.6 is 7.92 Å². The maximum absolute atomic E-state index is 6.12. The summed E-state index contributed by atoms with van der Waals surface area (Å²) in [5, 5.41) is 1.63. The zero-order chi connectivity index (χ0) is 26.2. The van der Waals surface area contributed by atoms with Gasteiger partial charge in [-0.25, -0.2) is 0 Å². The summed E-state index contributed by atoms with van der Waals surface area (Å²) in [7, 11) is 2.50. The SMILES string of the molecule is COc1ccc(OC)c([PH+](C(C)(C)C)C(C)(C)C)c1-c1c(C(C)C)cc(C(C)C)cc1C(C)C. The van der Waals surface area contributed by atoms with E-state index in [1.165, 1.54) is 33.1 Å². The molecule has 0 radical (unpaired) electrons. The van der Waals surface area contributed by atoms with E-state index in [2.05, 4.69) is 107 Å². The van der Waals surface area contributed by atoms with Crippen molar-refractivity contribution in [3.05, 3.63) is 41.0 Å². The molecule has 0 aliphatic carbocycles. The highest BCUT2D eigenvalue weighted by Gasteiger charge is 2.48. The van der Waals surface area contributed by atoms with Crippen molar-refractivity contribution < 1.29 is 9.47 Å². The summed E-state index contributed by atoms with van der Waals surface area (Å²) in [5.41, 5.74) is 6.84. The first-order valence-corrected chi connectivity index (χ1v) is 14.4. The van der Waals surface area contributed by atoms with E-state index in [-0.39, 0.29) is 10.3 Å². The summed E-state index contributed by atoms with van der Waals surface area (Å²) in [4.78, 5) is 0. The molecule has 0 N–H and O–H groups in total. The van der Waals surface area contributed by atoms with Gasteiger partial charge in [-0.3, -0.25) is 0 Å². The van der Waals surface area contributed by atoms with E-state index in [0.29, 0.717) is 17.8 Å². The third kappa shape index (κ3) is 5.81. The lowest BCUT2D eigenvalue weighted by atomic mass is 9.81. The van der Waals surface area contributed by atoms with Gasteiger partial charge in [0.25, 0.3) is 0 Å². The fraction of sp³-hybridized carbons (Fsp3) is 0.613. The molecule has 0 fully saturated rings. The van der Waals surface area contributed by atoms with Gasteiger partial charge in [-0.2, -0.15) is 0 Å². The van der Waals surface area contributed by atoms with Crippen LogP contribution in [0.1, 0.15) is 118 Å². The Labute approximate surface area is 211 Å². The lowest BCUT2D eigenvalue weighted by Crippen LogP contribution is -2.33. The smallest absolute Gasteiger partial charge is 0.161 e. The molecule has 0 atom stereocenters. The molecule has 0 aliphatic heterocycles. The van der Waals surface area contributed by atoms with Gasteiger partial charge in [-0.05, 0) is 93.7 Å². The van der Waals surface area contributed by atoms with Gasteiger partial charge < -0.3 is 9.47 Å². The molecule has 2 rings (SSSR count).